The Labute approximate surface area is 95.2 Å². The van der Waals surface area contributed by atoms with Crippen molar-refractivity contribution in [2.45, 2.75) is 0 Å². The highest BCUT2D eigenvalue weighted by atomic mass is 16.5. The van der Waals surface area contributed by atoms with Gasteiger partial charge in [-0.2, -0.15) is 0 Å². The molecule has 0 amide bonds. The minimum atomic E-state index is -0.279. The first kappa shape index (κ1) is 11.0. The molecule has 86 valence electrons. The maximum Gasteiger partial charge on any atom is 0.337 e. The van der Waals surface area contributed by atoms with Gasteiger partial charge in [0.2, 0.25) is 0 Å². The van der Waals surface area contributed by atoms with Crippen LogP contribution in [0.2, 0.25) is 0 Å². The summed E-state index contributed by atoms with van der Waals surface area (Å²) in [5, 5.41) is 2.32. The number of nitrogens with zero attached hydrogens (tertiary/aromatic N) is 1. The molecule has 0 aliphatic carbocycles. The molecule has 16 heavy (non-hydrogen) atoms. The lowest BCUT2D eigenvalue weighted by atomic mass is 10.2. The van der Waals surface area contributed by atoms with Crippen LogP contribution in [0, 0.1) is 0 Å². The Bertz CT molecular complexity index is 356. The zero-order chi connectivity index (χ0) is 11.4. The number of carbonyl (C=O) groups excluding carboxylic acids is 1. The van der Waals surface area contributed by atoms with Crippen molar-refractivity contribution in [3.8, 4) is 0 Å². The van der Waals surface area contributed by atoms with E-state index in [0.29, 0.717) is 5.56 Å². The summed E-state index contributed by atoms with van der Waals surface area (Å²) in [5.41, 5.74) is 1.79. The van der Waals surface area contributed by atoms with Gasteiger partial charge in [-0.05, 0) is 24.3 Å². The van der Waals surface area contributed by atoms with Crippen molar-refractivity contribution in [3.63, 3.8) is 0 Å². The molecule has 1 aliphatic rings. The summed E-state index contributed by atoms with van der Waals surface area (Å²) in [7, 11) is 1.40. The maximum atomic E-state index is 11.3. The Kier molecular flexibility index (Phi) is 3.41. The molecule has 4 heteroatoms. The van der Waals surface area contributed by atoms with Crippen LogP contribution >= 0.6 is 0 Å². The van der Waals surface area contributed by atoms with E-state index in [1.807, 2.05) is 24.3 Å². The van der Waals surface area contributed by atoms with E-state index in [-0.39, 0.29) is 5.97 Å². The summed E-state index contributed by atoms with van der Waals surface area (Å²) in [6, 6.07) is 7.61. The number of carbonyl (C=O) groups is 1. The Morgan fingerprint density at radius 2 is 1.88 bits per heavy atom. The van der Waals surface area contributed by atoms with Crippen molar-refractivity contribution in [2.24, 2.45) is 0 Å². The fraction of sp³-hybridized carbons (Fsp3) is 0.417. The predicted octanol–water partition coefficient (Wildman–Crippen LogP) is -0.143. The number of anilines is 1. The van der Waals surface area contributed by atoms with Crippen LogP contribution in [0.15, 0.2) is 24.3 Å². The monoisotopic (exact) mass is 221 g/mol. The number of methoxy groups -OCH3 is 1. The molecule has 0 aromatic heterocycles. The van der Waals surface area contributed by atoms with Crippen LogP contribution < -0.4 is 10.2 Å². The lowest BCUT2D eigenvalue weighted by Gasteiger charge is -2.27. The van der Waals surface area contributed by atoms with E-state index in [1.54, 1.807) is 0 Å². The van der Waals surface area contributed by atoms with Crippen molar-refractivity contribution in [3.05, 3.63) is 29.8 Å². The highest BCUT2D eigenvalue weighted by Crippen LogP contribution is 2.15. The van der Waals surface area contributed by atoms with Crippen LogP contribution in [-0.2, 0) is 4.74 Å². The van der Waals surface area contributed by atoms with Crippen molar-refractivity contribution in [1.82, 2.24) is 0 Å². The van der Waals surface area contributed by atoms with Crippen LogP contribution in [-0.4, -0.2) is 39.3 Å². The van der Waals surface area contributed by atoms with Gasteiger partial charge in [0.25, 0.3) is 0 Å². The number of quaternary nitrogens is 1. The third-order valence-corrected chi connectivity index (χ3v) is 2.86. The molecule has 1 aromatic rings. The molecule has 0 saturated carbocycles. The highest BCUT2D eigenvalue weighted by molar-refractivity contribution is 5.89. The largest absolute Gasteiger partial charge is 0.465 e. The van der Waals surface area contributed by atoms with E-state index >= 15 is 0 Å². The van der Waals surface area contributed by atoms with Crippen molar-refractivity contribution >= 4 is 11.7 Å². The van der Waals surface area contributed by atoms with Gasteiger partial charge < -0.3 is 15.0 Å². The van der Waals surface area contributed by atoms with Gasteiger partial charge in [-0.1, -0.05) is 0 Å². The SMILES string of the molecule is COC(=O)c1ccc(N2CC[NH2+]CC2)cc1. The molecule has 0 unspecified atom stereocenters. The van der Waals surface area contributed by atoms with Crippen LogP contribution in [0.25, 0.3) is 0 Å². The van der Waals surface area contributed by atoms with E-state index in [2.05, 4.69) is 15.0 Å². The molecule has 0 spiro atoms. The summed E-state index contributed by atoms with van der Waals surface area (Å²) in [5.74, 6) is -0.279. The number of nitrogens with two attached hydrogens (primary N) is 1. The van der Waals surface area contributed by atoms with Gasteiger partial charge in [-0.25, -0.2) is 4.79 Å². The summed E-state index contributed by atoms with van der Waals surface area (Å²) in [6.45, 7) is 4.41. The average molecular weight is 221 g/mol. The van der Waals surface area contributed by atoms with Crippen LogP contribution in [0.5, 0.6) is 0 Å². The standard InChI is InChI=1S/C12H16N2O2/c1-16-12(15)10-2-4-11(5-3-10)14-8-6-13-7-9-14/h2-5,13H,6-9H2,1H3/p+1. The summed E-state index contributed by atoms with van der Waals surface area (Å²) in [4.78, 5) is 13.6. The fourth-order valence-corrected chi connectivity index (χ4v) is 1.93. The lowest BCUT2D eigenvalue weighted by Crippen LogP contribution is -2.89. The first-order chi connectivity index (χ1) is 7.81. The van der Waals surface area contributed by atoms with Gasteiger partial charge in [0.1, 0.15) is 0 Å². The van der Waals surface area contributed by atoms with E-state index in [1.165, 1.54) is 12.8 Å². The third kappa shape index (κ3) is 2.33. The Balaban J connectivity index is 2.09. The fourth-order valence-electron chi connectivity index (χ4n) is 1.93. The quantitative estimate of drug-likeness (QED) is 0.707. The smallest absolute Gasteiger partial charge is 0.337 e. The average Bonchev–Trinajstić information content (AvgIpc) is 2.39. The molecule has 4 nitrogen and oxygen atoms in total. The molecule has 2 rings (SSSR count). The van der Waals surface area contributed by atoms with E-state index in [4.69, 9.17) is 0 Å². The van der Waals surface area contributed by atoms with Gasteiger partial charge in [-0.3, -0.25) is 0 Å². The Morgan fingerprint density at radius 3 is 2.44 bits per heavy atom. The number of ether oxygens (including phenoxy) is 1. The molecule has 1 aliphatic heterocycles. The zero-order valence-electron chi connectivity index (χ0n) is 9.48. The normalized spacial score (nSPS) is 15.9. The van der Waals surface area contributed by atoms with Crippen LogP contribution in [0.1, 0.15) is 10.4 Å². The summed E-state index contributed by atoms with van der Waals surface area (Å²) >= 11 is 0. The number of rotatable bonds is 2. The van der Waals surface area contributed by atoms with E-state index in [9.17, 15) is 4.79 Å². The van der Waals surface area contributed by atoms with Gasteiger partial charge in [0, 0.05) is 5.69 Å². The number of hydrogen-bond donors (Lipinski definition) is 1. The van der Waals surface area contributed by atoms with Crippen LogP contribution in [0.3, 0.4) is 0 Å². The minimum Gasteiger partial charge on any atom is -0.465 e. The van der Waals surface area contributed by atoms with Crippen molar-refractivity contribution in [2.75, 3.05) is 38.2 Å². The number of piperazine rings is 1. The molecule has 1 heterocycles. The molecule has 0 bridgehead atoms. The predicted molar refractivity (Wildman–Crippen MR) is 61.7 cm³/mol. The second kappa shape index (κ2) is 4.99. The second-order valence-electron chi connectivity index (χ2n) is 3.89. The van der Waals surface area contributed by atoms with Crippen LogP contribution in [0.4, 0.5) is 5.69 Å². The minimum absolute atomic E-state index is 0.279. The van der Waals surface area contributed by atoms with Gasteiger partial charge in [-0.15, -0.1) is 0 Å². The molecule has 0 radical (unpaired) electrons. The molecular formula is C12H17N2O2+. The molecule has 0 atom stereocenters. The summed E-state index contributed by atoms with van der Waals surface area (Å²) in [6.07, 6.45) is 0. The maximum absolute atomic E-state index is 11.3. The zero-order valence-corrected chi connectivity index (χ0v) is 9.48. The molecule has 1 saturated heterocycles. The first-order valence-electron chi connectivity index (χ1n) is 5.56. The summed E-state index contributed by atoms with van der Waals surface area (Å²) < 4.78 is 4.66. The number of benzene rings is 1. The third-order valence-electron chi connectivity index (χ3n) is 2.86. The molecule has 1 aromatic carbocycles. The van der Waals surface area contributed by atoms with E-state index in [0.717, 1.165) is 26.2 Å². The van der Waals surface area contributed by atoms with Gasteiger partial charge in [0.15, 0.2) is 0 Å². The number of hydrogen-bond acceptors (Lipinski definition) is 3. The van der Waals surface area contributed by atoms with E-state index < -0.39 is 0 Å². The lowest BCUT2D eigenvalue weighted by molar-refractivity contribution is -0.655. The van der Waals surface area contributed by atoms with Gasteiger partial charge >= 0.3 is 5.97 Å². The second-order valence-corrected chi connectivity index (χ2v) is 3.89. The molecule has 1 fully saturated rings. The van der Waals surface area contributed by atoms with Crippen molar-refractivity contribution < 1.29 is 14.8 Å². The van der Waals surface area contributed by atoms with Crippen molar-refractivity contribution in [1.29, 1.82) is 0 Å². The highest BCUT2D eigenvalue weighted by Gasteiger charge is 2.13. The molecule has 2 N–H and O–H groups in total. The first-order valence-corrected chi connectivity index (χ1v) is 5.56. The Hall–Kier alpha value is -1.55. The number of esters is 1. The van der Waals surface area contributed by atoms with Gasteiger partial charge in [0.05, 0.1) is 38.9 Å². The topological polar surface area (TPSA) is 46.1 Å². The molecular weight excluding hydrogens is 204 g/mol. The Morgan fingerprint density at radius 1 is 1.25 bits per heavy atom.